The largest absolute Gasteiger partial charge is 0.396 e. The Hall–Kier alpha value is -2.44. The Balaban J connectivity index is 1.54. The molecule has 2 aromatic rings. The van der Waals surface area contributed by atoms with Crippen molar-refractivity contribution in [1.82, 2.24) is 14.8 Å². The maximum Gasteiger partial charge on any atom is 0.258 e. The molecule has 6 heteroatoms. The van der Waals surface area contributed by atoms with E-state index in [1.165, 1.54) is 6.42 Å². The van der Waals surface area contributed by atoms with Gasteiger partial charge in [0.25, 0.3) is 5.56 Å². The van der Waals surface area contributed by atoms with E-state index >= 15 is 0 Å². The number of nitrogens with one attached hydrogen (secondary N) is 1. The highest BCUT2D eigenvalue weighted by Crippen LogP contribution is 2.42. The molecule has 4 atom stereocenters. The summed E-state index contributed by atoms with van der Waals surface area (Å²) in [7, 11) is 0. The predicted octanol–water partition coefficient (Wildman–Crippen LogP) is 1.78. The van der Waals surface area contributed by atoms with Crippen molar-refractivity contribution in [2.24, 2.45) is 11.8 Å². The molecule has 1 aromatic heterocycles. The normalized spacial score (nSPS) is 28.2. The first-order valence-corrected chi connectivity index (χ1v) is 10.6. The number of amides is 1. The molecule has 1 amide bonds. The van der Waals surface area contributed by atoms with E-state index in [2.05, 4.69) is 5.32 Å². The molecule has 3 aliphatic heterocycles. The number of fused-ring (bicyclic) bond motifs is 4. The third kappa shape index (κ3) is 3.02. The second-order valence-corrected chi connectivity index (χ2v) is 8.46. The lowest BCUT2D eigenvalue weighted by molar-refractivity contribution is -0.138. The Labute approximate surface area is 170 Å². The van der Waals surface area contributed by atoms with Gasteiger partial charge in [0.1, 0.15) is 0 Å². The number of likely N-dealkylation sites (tertiary alicyclic amines) is 1. The van der Waals surface area contributed by atoms with Crippen molar-refractivity contribution in [3.8, 4) is 11.1 Å². The lowest BCUT2D eigenvalue weighted by Gasteiger charge is -2.33. The fourth-order valence-corrected chi connectivity index (χ4v) is 5.39. The topological polar surface area (TPSA) is 74.6 Å². The third-order valence-electron chi connectivity index (χ3n) is 6.89. The molecule has 5 rings (SSSR count). The van der Waals surface area contributed by atoms with Crippen molar-refractivity contribution in [1.29, 1.82) is 0 Å². The average molecular weight is 393 g/mol. The second-order valence-electron chi connectivity index (χ2n) is 8.46. The zero-order valence-electron chi connectivity index (χ0n) is 16.5. The molecule has 0 unspecified atom stereocenters. The van der Waals surface area contributed by atoms with Crippen LogP contribution in [-0.2, 0) is 11.3 Å². The maximum atomic E-state index is 13.4. The monoisotopic (exact) mass is 393 g/mol. The minimum Gasteiger partial charge on any atom is -0.396 e. The van der Waals surface area contributed by atoms with Gasteiger partial charge < -0.3 is 19.9 Å². The van der Waals surface area contributed by atoms with E-state index in [1.807, 2.05) is 51.9 Å². The van der Waals surface area contributed by atoms with Gasteiger partial charge in [0, 0.05) is 49.5 Å². The molecule has 29 heavy (non-hydrogen) atoms. The number of carbonyl (C=O) groups excluding carboxylic acids is 1. The Bertz CT molecular complexity index is 965. The standard InChI is InChI=1S/C23H27N3O3/c27-14-17-18-13-26-19(10-9-16(22(26)28)15-7-3-1-4-8-15)21(24-18)20(17)23(29)25-11-5-2-6-12-25/h1,3-4,7-10,17-18,20-21,24,27H,2,5-6,11-14H2/t17-,18-,20+,21+/m0/s1. The van der Waals surface area contributed by atoms with E-state index in [0.29, 0.717) is 12.1 Å². The predicted molar refractivity (Wildman–Crippen MR) is 110 cm³/mol. The van der Waals surface area contributed by atoms with E-state index < -0.39 is 0 Å². The Morgan fingerprint density at radius 2 is 1.83 bits per heavy atom. The molecule has 6 nitrogen and oxygen atoms in total. The van der Waals surface area contributed by atoms with Crippen LogP contribution in [0.3, 0.4) is 0 Å². The quantitative estimate of drug-likeness (QED) is 0.834. The van der Waals surface area contributed by atoms with Crippen LogP contribution in [0.4, 0.5) is 0 Å². The van der Waals surface area contributed by atoms with Crippen LogP contribution in [-0.4, -0.2) is 46.2 Å². The second kappa shape index (κ2) is 7.43. The molecule has 0 radical (unpaired) electrons. The molecule has 2 saturated heterocycles. The summed E-state index contributed by atoms with van der Waals surface area (Å²) < 4.78 is 1.82. The van der Waals surface area contributed by atoms with Crippen LogP contribution in [0, 0.1) is 11.8 Å². The highest BCUT2D eigenvalue weighted by molar-refractivity contribution is 5.81. The van der Waals surface area contributed by atoms with Crippen molar-refractivity contribution < 1.29 is 9.90 Å². The Morgan fingerprint density at radius 1 is 1.07 bits per heavy atom. The molecule has 0 spiro atoms. The summed E-state index contributed by atoms with van der Waals surface area (Å²) in [5.41, 5.74) is 2.42. The number of rotatable bonds is 3. The van der Waals surface area contributed by atoms with Crippen LogP contribution in [0.2, 0.25) is 0 Å². The molecule has 0 aliphatic carbocycles. The highest BCUT2D eigenvalue weighted by atomic mass is 16.3. The average Bonchev–Trinajstić information content (AvgIpc) is 3.07. The molecule has 2 N–H and O–H groups in total. The number of aromatic nitrogens is 1. The lowest BCUT2D eigenvalue weighted by Crippen LogP contribution is -2.44. The van der Waals surface area contributed by atoms with Gasteiger partial charge in [-0.1, -0.05) is 30.3 Å². The van der Waals surface area contributed by atoms with Crippen molar-refractivity contribution >= 4 is 5.91 Å². The minimum absolute atomic E-state index is 0.0204. The minimum atomic E-state index is -0.321. The van der Waals surface area contributed by atoms with E-state index in [0.717, 1.165) is 37.2 Å². The van der Waals surface area contributed by atoms with Gasteiger partial charge in [-0.05, 0) is 37.0 Å². The third-order valence-corrected chi connectivity index (χ3v) is 6.89. The van der Waals surface area contributed by atoms with Gasteiger partial charge in [-0.15, -0.1) is 0 Å². The highest BCUT2D eigenvalue weighted by Gasteiger charge is 2.51. The van der Waals surface area contributed by atoms with Crippen LogP contribution >= 0.6 is 0 Å². The molecule has 2 bridgehead atoms. The zero-order chi connectivity index (χ0) is 20.0. The van der Waals surface area contributed by atoms with Gasteiger partial charge >= 0.3 is 0 Å². The number of aliphatic hydroxyl groups is 1. The van der Waals surface area contributed by atoms with E-state index in [9.17, 15) is 14.7 Å². The van der Waals surface area contributed by atoms with Gasteiger partial charge in [0.15, 0.2) is 0 Å². The van der Waals surface area contributed by atoms with Gasteiger partial charge in [-0.3, -0.25) is 9.59 Å². The van der Waals surface area contributed by atoms with Gasteiger partial charge in [-0.25, -0.2) is 0 Å². The summed E-state index contributed by atoms with van der Waals surface area (Å²) in [4.78, 5) is 28.6. The summed E-state index contributed by atoms with van der Waals surface area (Å²) >= 11 is 0. The first-order valence-electron chi connectivity index (χ1n) is 10.6. The number of pyridine rings is 1. The van der Waals surface area contributed by atoms with E-state index in [1.54, 1.807) is 0 Å². The molecular formula is C23H27N3O3. The van der Waals surface area contributed by atoms with Crippen LogP contribution in [0.5, 0.6) is 0 Å². The molecule has 1 aromatic carbocycles. The van der Waals surface area contributed by atoms with Crippen LogP contribution in [0.15, 0.2) is 47.3 Å². The van der Waals surface area contributed by atoms with Crippen molar-refractivity contribution in [2.45, 2.75) is 37.9 Å². The summed E-state index contributed by atoms with van der Waals surface area (Å²) in [6, 6.07) is 13.2. The van der Waals surface area contributed by atoms with Crippen LogP contribution in [0.25, 0.3) is 11.1 Å². The Kier molecular flexibility index (Phi) is 4.76. The number of nitrogens with zero attached hydrogens (tertiary/aromatic N) is 2. The number of hydrogen-bond acceptors (Lipinski definition) is 4. The fourth-order valence-electron chi connectivity index (χ4n) is 5.39. The number of hydrogen-bond donors (Lipinski definition) is 2. The number of benzene rings is 1. The number of piperidine rings is 1. The smallest absolute Gasteiger partial charge is 0.258 e. The summed E-state index contributed by atoms with van der Waals surface area (Å²) in [6.45, 7) is 2.03. The van der Waals surface area contributed by atoms with Crippen LogP contribution in [0.1, 0.15) is 31.0 Å². The van der Waals surface area contributed by atoms with Gasteiger partial charge in [0.05, 0.1) is 12.0 Å². The van der Waals surface area contributed by atoms with E-state index in [-0.39, 0.29) is 42.0 Å². The van der Waals surface area contributed by atoms with Crippen molar-refractivity contribution in [2.75, 3.05) is 19.7 Å². The van der Waals surface area contributed by atoms with Crippen molar-refractivity contribution in [3.63, 3.8) is 0 Å². The maximum absolute atomic E-state index is 13.4. The molecule has 4 heterocycles. The lowest BCUT2D eigenvalue weighted by atomic mass is 9.85. The summed E-state index contributed by atoms with van der Waals surface area (Å²) in [5, 5.41) is 13.7. The number of aliphatic hydroxyl groups excluding tert-OH is 1. The Morgan fingerprint density at radius 3 is 2.55 bits per heavy atom. The summed E-state index contributed by atoms with van der Waals surface area (Å²) in [6.07, 6.45) is 3.25. The van der Waals surface area contributed by atoms with Crippen LogP contribution < -0.4 is 10.9 Å². The molecular weight excluding hydrogens is 366 g/mol. The van der Waals surface area contributed by atoms with Crippen molar-refractivity contribution in [3.05, 3.63) is 58.5 Å². The first-order chi connectivity index (χ1) is 14.2. The first kappa shape index (κ1) is 18.6. The molecule has 152 valence electrons. The fraction of sp³-hybridized carbons (Fsp3) is 0.478. The molecule has 3 aliphatic rings. The van der Waals surface area contributed by atoms with Gasteiger partial charge in [-0.2, -0.15) is 0 Å². The molecule has 2 fully saturated rings. The van der Waals surface area contributed by atoms with Gasteiger partial charge in [0.2, 0.25) is 5.91 Å². The molecule has 0 saturated carbocycles. The number of carbonyl (C=O) groups is 1. The zero-order valence-corrected chi connectivity index (χ0v) is 16.5. The summed E-state index contributed by atoms with van der Waals surface area (Å²) in [5.74, 6) is -0.371. The van der Waals surface area contributed by atoms with E-state index in [4.69, 9.17) is 0 Å². The SMILES string of the molecule is O=C([C@@H]1[C@@H](CO)[C@@H]2Cn3c(ccc(-c4ccccc4)c3=O)[C@H]1N2)N1CCCCC1.